The van der Waals surface area contributed by atoms with E-state index >= 15 is 0 Å². The Labute approximate surface area is 147 Å². The molecule has 0 bridgehead atoms. The van der Waals surface area contributed by atoms with Gasteiger partial charge in [-0.3, -0.25) is 9.36 Å². The first kappa shape index (κ1) is 24.0. The van der Waals surface area contributed by atoms with Gasteiger partial charge in [0.05, 0.1) is 43.3 Å². The smallest absolute Gasteiger partial charge is 0.311 e. The van der Waals surface area contributed by atoms with Gasteiger partial charge in [-0.2, -0.15) is 0 Å². The van der Waals surface area contributed by atoms with Crippen LogP contribution in [0.1, 0.15) is 48.0 Å². The summed E-state index contributed by atoms with van der Waals surface area (Å²) in [4.78, 5) is 23.5. The topological polar surface area (TPSA) is 84.9 Å². The second-order valence-corrected chi connectivity index (χ2v) is 12.9. The molecule has 0 aliphatic rings. The molecular formula is C16H34O6P2. The van der Waals surface area contributed by atoms with Gasteiger partial charge in [0, 0.05) is 7.26 Å². The lowest BCUT2D eigenvalue weighted by Crippen LogP contribution is -2.27. The average Bonchev–Trinajstić information content (AvgIpc) is 2.55. The number of hydrogen-bond acceptors (Lipinski definition) is 6. The van der Waals surface area contributed by atoms with Crippen LogP contribution in [-0.4, -0.2) is 50.4 Å². The van der Waals surface area contributed by atoms with Crippen LogP contribution in [0.2, 0.25) is 0 Å². The lowest BCUT2D eigenvalue weighted by atomic mass is 9.91. The third-order valence-corrected chi connectivity index (χ3v) is 11.0. The maximum absolute atomic E-state index is 11.7. The molecule has 0 spiro atoms. The molecule has 0 amide bonds. The minimum Gasteiger partial charge on any atom is -0.756 e. The third kappa shape index (κ3) is 8.40. The van der Waals surface area contributed by atoms with Gasteiger partial charge in [0.15, 0.2) is 0 Å². The van der Waals surface area contributed by atoms with Gasteiger partial charge in [-0.1, -0.05) is 6.92 Å². The molecule has 0 aromatic carbocycles. The summed E-state index contributed by atoms with van der Waals surface area (Å²) in [5.74, 6) is -0.362. The fourth-order valence-electron chi connectivity index (χ4n) is 2.15. The van der Waals surface area contributed by atoms with Crippen molar-refractivity contribution in [2.24, 2.45) is 5.41 Å². The number of carbonyl (C=O) groups excluding carboxylic acids is 1. The number of esters is 1. The molecule has 0 aromatic rings. The average molecular weight is 384 g/mol. The molecule has 8 heteroatoms. The third-order valence-electron chi connectivity index (χ3n) is 4.83. The van der Waals surface area contributed by atoms with E-state index in [1.54, 1.807) is 13.8 Å². The lowest BCUT2D eigenvalue weighted by molar-refractivity contribution is -0.226. The fourth-order valence-corrected chi connectivity index (χ4v) is 5.75. The summed E-state index contributed by atoms with van der Waals surface area (Å²) in [6, 6.07) is 0. The molecule has 0 saturated carbocycles. The number of hydrogen-bond donors (Lipinski definition) is 0. The monoisotopic (exact) mass is 384 g/mol. The van der Waals surface area contributed by atoms with E-state index in [1.165, 1.54) is 0 Å². The first-order valence-electron chi connectivity index (χ1n) is 8.70. The summed E-state index contributed by atoms with van der Waals surface area (Å²) in [6.07, 6.45) is 4.71. The molecule has 0 N–H and O–H groups in total. The number of rotatable bonds is 13. The van der Waals surface area contributed by atoms with Crippen LogP contribution in [0.3, 0.4) is 0 Å². The van der Waals surface area contributed by atoms with Crippen molar-refractivity contribution in [3.05, 3.63) is 0 Å². The van der Waals surface area contributed by atoms with Gasteiger partial charge in [-0.25, -0.2) is 0 Å². The highest BCUT2D eigenvalue weighted by molar-refractivity contribution is 7.75. The van der Waals surface area contributed by atoms with Gasteiger partial charge < -0.3 is 18.7 Å². The summed E-state index contributed by atoms with van der Waals surface area (Å²) in [5.41, 5.74) is -0.578. The van der Waals surface area contributed by atoms with Crippen molar-refractivity contribution < 1.29 is 28.0 Å². The van der Waals surface area contributed by atoms with Crippen molar-refractivity contribution >= 4 is 21.1 Å². The molecule has 0 aliphatic carbocycles. The van der Waals surface area contributed by atoms with Crippen LogP contribution in [0.5, 0.6) is 0 Å². The molecule has 0 saturated heterocycles. The molecule has 144 valence electrons. The zero-order valence-corrected chi connectivity index (χ0v) is 17.8. The van der Waals surface area contributed by atoms with Crippen LogP contribution in [0.15, 0.2) is 0 Å². The summed E-state index contributed by atoms with van der Waals surface area (Å²) in [5, 5.41) is 0. The van der Waals surface area contributed by atoms with Crippen LogP contribution in [0, 0.1) is 5.41 Å². The molecule has 0 fully saturated rings. The molecule has 24 heavy (non-hydrogen) atoms. The summed E-state index contributed by atoms with van der Waals surface area (Å²) in [7, 11) is -5.44. The minimum absolute atomic E-state index is 0.104. The Morgan fingerprint density at radius 2 is 1.50 bits per heavy atom. The van der Waals surface area contributed by atoms with Crippen molar-refractivity contribution in [1.29, 1.82) is 0 Å². The highest BCUT2D eigenvalue weighted by Gasteiger charge is 2.31. The molecule has 0 aliphatic heterocycles. The maximum Gasteiger partial charge on any atom is 0.311 e. The Balaban J connectivity index is 4.15. The SMILES string of the molecule is CCC(C)(C)C(=O)OCCOP(=O)([O-])OCC[P+](CC)(CC)CC. The zero-order chi connectivity index (χ0) is 18.9. The quantitative estimate of drug-likeness (QED) is 0.274. The standard InChI is InChI=1S/C16H34O6P2/c1-7-16(5,6)15(17)20-11-12-21-24(18,19)22-13-14-23(8-2,9-3)10-4/h7-14H2,1-6H3. The lowest BCUT2D eigenvalue weighted by Gasteiger charge is -2.27. The number of ether oxygens (including phenoxy) is 1. The van der Waals surface area contributed by atoms with Gasteiger partial charge >= 0.3 is 5.97 Å². The fraction of sp³-hybridized carbons (Fsp3) is 0.938. The van der Waals surface area contributed by atoms with Crippen LogP contribution < -0.4 is 4.89 Å². The number of phosphoric ester groups is 1. The molecular weight excluding hydrogens is 350 g/mol. The Hall–Kier alpha value is 0.01000. The minimum atomic E-state index is -4.34. The van der Waals surface area contributed by atoms with Gasteiger partial charge in [0.25, 0.3) is 7.82 Å². The van der Waals surface area contributed by atoms with Gasteiger partial charge in [-0.05, 0) is 41.0 Å². The predicted octanol–water partition coefficient (Wildman–Crippen LogP) is 3.54. The van der Waals surface area contributed by atoms with Gasteiger partial charge in [0.2, 0.25) is 0 Å². The van der Waals surface area contributed by atoms with Crippen molar-refractivity contribution in [3.8, 4) is 0 Å². The number of carbonyl (C=O) groups is 1. The first-order chi connectivity index (χ1) is 11.1. The van der Waals surface area contributed by atoms with Gasteiger partial charge in [0.1, 0.15) is 6.61 Å². The van der Waals surface area contributed by atoms with E-state index in [-0.39, 0.29) is 25.8 Å². The van der Waals surface area contributed by atoms with Crippen LogP contribution in [0.4, 0.5) is 0 Å². The Kier molecular flexibility index (Phi) is 10.9. The maximum atomic E-state index is 11.7. The van der Waals surface area contributed by atoms with Crippen LogP contribution in [-0.2, 0) is 23.1 Å². The molecule has 0 rings (SSSR count). The summed E-state index contributed by atoms with van der Waals surface area (Å²) >= 11 is 0. The van der Waals surface area contributed by atoms with E-state index in [0.717, 1.165) is 24.6 Å². The van der Waals surface area contributed by atoms with Crippen molar-refractivity contribution in [2.75, 3.05) is 44.5 Å². The van der Waals surface area contributed by atoms with Crippen LogP contribution in [0.25, 0.3) is 0 Å². The molecule has 1 atom stereocenters. The van der Waals surface area contributed by atoms with Crippen molar-refractivity contribution in [3.63, 3.8) is 0 Å². The molecule has 0 radical (unpaired) electrons. The predicted molar refractivity (Wildman–Crippen MR) is 98.0 cm³/mol. The summed E-state index contributed by atoms with van der Waals surface area (Å²) in [6.45, 7) is 11.7. The zero-order valence-electron chi connectivity index (χ0n) is 16.0. The Morgan fingerprint density at radius 3 is 1.96 bits per heavy atom. The number of phosphoric acid groups is 1. The van der Waals surface area contributed by atoms with Gasteiger partial charge in [-0.15, -0.1) is 0 Å². The largest absolute Gasteiger partial charge is 0.756 e. The van der Waals surface area contributed by atoms with Crippen LogP contribution >= 0.6 is 15.1 Å². The Morgan fingerprint density at radius 1 is 1.00 bits per heavy atom. The molecule has 6 nitrogen and oxygen atoms in total. The van der Waals surface area contributed by atoms with E-state index in [2.05, 4.69) is 20.8 Å². The van der Waals surface area contributed by atoms with Crippen molar-refractivity contribution in [2.45, 2.75) is 48.0 Å². The molecule has 0 heterocycles. The van der Waals surface area contributed by atoms with E-state index in [0.29, 0.717) is 6.42 Å². The summed E-state index contributed by atoms with van der Waals surface area (Å²) < 4.78 is 26.5. The highest BCUT2D eigenvalue weighted by atomic mass is 31.2. The second-order valence-electron chi connectivity index (χ2n) is 6.50. The van der Waals surface area contributed by atoms with Crippen molar-refractivity contribution in [1.82, 2.24) is 0 Å². The highest BCUT2D eigenvalue weighted by Crippen LogP contribution is 2.58. The normalized spacial score (nSPS) is 15.1. The van der Waals surface area contributed by atoms with E-state index < -0.39 is 20.5 Å². The van der Waals surface area contributed by atoms with E-state index in [4.69, 9.17) is 13.8 Å². The molecule has 0 aromatic heterocycles. The van der Waals surface area contributed by atoms with E-state index in [1.807, 2.05) is 6.92 Å². The second kappa shape index (κ2) is 10.9. The Bertz CT molecular complexity index is 413. The molecule has 1 unspecified atom stereocenters. The van der Waals surface area contributed by atoms with E-state index in [9.17, 15) is 14.3 Å². The first-order valence-corrected chi connectivity index (χ1v) is 12.7.